The molecule has 4 aromatic rings. The Labute approximate surface area is 185 Å². The highest BCUT2D eigenvalue weighted by atomic mass is 19.1. The van der Waals surface area contributed by atoms with Gasteiger partial charge in [-0.3, -0.25) is 4.79 Å². The lowest BCUT2D eigenvalue weighted by atomic mass is 9.92. The smallest absolute Gasteiger partial charge is 0.254 e. The Morgan fingerprint density at radius 1 is 1.12 bits per heavy atom. The normalized spacial score (nSPS) is 18.8. The van der Waals surface area contributed by atoms with E-state index in [1.54, 1.807) is 24.5 Å². The number of carbonyl (C=O) groups excluding carboxylic acids is 1. The number of rotatable bonds is 3. The molecule has 2 unspecified atom stereocenters. The van der Waals surface area contributed by atoms with Crippen molar-refractivity contribution in [3.8, 4) is 11.4 Å². The molecule has 0 spiro atoms. The van der Waals surface area contributed by atoms with Crippen molar-refractivity contribution in [3.05, 3.63) is 77.7 Å². The summed E-state index contributed by atoms with van der Waals surface area (Å²) in [6, 6.07) is 11.9. The van der Waals surface area contributed by atoms with E-state index in [0.717, 1.165) is 18.4 Å². The van der Waals surface area contributed by atoms with E-state index in [4.69, 9.17) is 4.42 Å². The van der Waals surface area contributed by atoms with Crippen LogP contribution in [0.4, 0.5) is 4.39 Å². The van der Waals surface area contributed by atoms with Crippen molar-refractivity contribution in [2.75, 3.05) is 6.54 Å². The highest BCUT2D eigenvalue weighted by Crippen LogP contribution is 2.33. The van der Waals surface area contributed by atoms with Crippen LogP contribution in [0.25, 0.3) is 22.5 Å². The van der Waals surface area contributed by atoms with E-state index in [2.05, 4.69) is 21.9 Å². The Hall–Kier alpha value is -3.61. The predicted molar refractivity (Wildman–Crippen MR) is 119 cm³/mol. The molecule has 0 radical (unpaired) electrons. The lowest BCUT2D eigenvalue weighted by Crippen LogP contribution is -2.45. The van der Waals surface area contributed by atoms with E-state index in [1.807, 2.05) is 30.0 Å². The number of halogens is 1. The van der Waals surface area contributed by atoms with E-state index in [-0.39, 0.29) is 23.7 Å². The highest BCUT2D eigenvalue weighted by Gasteiger charge is 2.34. The first kappa shape index (κ1) is 20.3. The summed E-state index contributed by atoms with van der Waals surface area (Å²) in [5.74, 6) is 0.619. The lowest BCUT2D eigenvalue weighted by Gasteiger charge is -2.37. The fraction of sp³-hybridized carbons (Fsp3) is 0.280. The molecule has 1 amide bonds. The summed E-state index contributed by atoms with van der Waals surface area (Å²) in [7, 11) is 0. The number of nitrogens with zero attached hydrogens (tertiary/aromatic N) is 4. The maximum absolute atomic E-state index is 13.7. The fourth-order valence-corrected chi connectivity index (χ4v) is 4.31. The SMILES string of the molecule is Cc1ccc(-c2ncccn2)c(C(=O)N2CC(c3nc4cc(F)ccc4o3)CCC2C)c1. The molecule has 5 rings (SSSR count). The minimum Gasteiger partial charge on any atom is -0.440 e. The van der Waals surface area contributed by atoms with Gasteiger partial charge in [0.15, 0.2) is 17.3 Å². The molecule has 0 N–H and O–H groups in total. The number of likely N-dealkylation sites (tertiary alicyclic amines) is 1. The summed E-state index contributed by atoms with van der Waals surface area (Å²) in [6.45, 7) is 4.51. The topological polar surface area (TPSA) is 72.1 Å². The molecule has 2 aromatic heterocycles. The van der Waals surface area contributed by atoms with Crippen LogP contribution in [0, 0.1) is 12.7 Å². The Kier molecular flexibility index (Phi) is 5.17. The molecule has 0 bridgehead atoms. The number of carbonyl (C=O) groups is 1. The van der Waals surface area contributed by atoms with Gasteiger partial charge in [0, 0.05) is 36.6 Å². The zero-order chi connectivity index (χ0) is 22.2. The predicted octanol–water partition coefficient (Wildman–Crippen LogP) is 5.14. The van der Waals surface area contributed by atoms with Crippen molar-refractivity contribution in [3.63, 3.8) is 0 Å². The molecule has 6 nitrogen and oxygen atoms in total. The average molecular weight is 430 g/mol. The van der Waals surface area contributed by atoms with Crippen LogP contribution in [-0.4, -0.2) is 38.3 Å². The van der Waals surface area contributed by atoms with Crippen LogP contribution in [0.2, 0.25) is 0 Å². The molecule has 7 heteroatoms. The molecule has 32 heavy (non-hydrogen) atoms. The van der Waals surface area contributed by atoms with Gasteiger partial charge in [-0.15, -0.1) is 0 Å². The zero-order valence-electron chi connectivity index (χ0n) is 18.0. The Bertz CT molecular complexity index is 1290. The van der Waals surface area contributed by atoms with Gasteiger partial charge in [0.1, 0.15) is 11.3 Å². The molecular weight excluding hydrogens is 407 g/mol. The first-order valence-electron chi connectivity index (χ1n) is 10.7. The summed E-state index contributed by atoms with van der Waals surface area (Å²) in [5.41, 5.74) is 3.35. The summed E-state index contributed by atoms with van der Waals surface area (Å²) in [5, 5.41) is 0. The summed E-state index contributed by atoms with van der Waals surface area (Å²) in [6.07, 6.45) is 5.02. The third-order valence-electron chi connectivity index (χ3n) is 6.07. The van der Waals surface area contributed by atoms with Crippen molar-refractivity contribution in [1.82, 2.24) is 19.9 Å². The minimum atomic E-state index is -0.346. The first-order valence-corrected chi connectivity index (χ1v) is 10.7. The molecule has 1 fully saturated rings. The number of fused-ring (bicyclic) bond motifs is 1. The maximum atomic E-state index is 13.7. The summed E-state index contributed by atoms with van der Waals surface area (Å²) < 4.78 is 19.5. The molecule has 162 valence electrons. The van der Waals surface area contributed by atoms with Crippen LogP contribution in [0.15, 0.2) is 59.3 Å². The van der Waals surface area contributed by atoms with Gasteiger partial charge in [0.25, 0.3) is 5.91 Å². The molecule has 2 aromatic carbocycles. The summed E-state index contributed by atoms with van der Waals surface area (Å²) in [4.78, 5) is 28.8. The number of benzene rings is 2. The monoisotopic (exact) mass is 430 g/mol. The molecule has 2 atom stereocenters. The van der Waals surface area contributed by atoms with E-state index < -0.39 is 0 Å². The van der Waals surface area contributed by atoms with Crippen molar-refractivity contribution in [2.24, 2.45) is 0 Å². The standard InChI is InChI=1S/C25H23FN4O2/c1-15-4-8-19(23-27-10-3-11-28-23)20(12-15)25(31)30-14-17(6-5-16(30)2)24-29-21-13-18(26)7-9-22(21)32-24/h3-4,7-13,16-17H,5-6,14H2,1-2H3. The van der Waals surface area contributed by atoms with Gasteiger partial charge < -0.3 is 9.32 Å². The van der Waals surface area contributed by atoms with Gasteiger partial charge >= 0.3 is 0 Å². The van der Waals surface area contributed by atoms with Gasteiger partial charge in [-0.2, -0.15) is 0 Å². The molecule has 0 saturated carbocycles. The van der Waals surface area contributed by atoms with Crippen molar-refractivity contribution in [1.29, 1.82) is 0 Å². The van der Waals surface area contributed by atoms with Gasteiger partial charge in [0.05, 0.1) is 11.5 Å². The second-order valence-corrected chi connectivity index (χ2v) is 8.37. The van der Waals surface area contributed by atoms with Crippen molar-refractivity contribution < 1.29 is 13.6 Å². The van der Waals surface area contributed by atoms with Crippen LogP contribution in [0.1, 0.15) is 47.5 Å². The quantitative estimate of drug-likeness (QED) is 0.450. The second-order valence-electron chi connectivity index (χ2n) is 8.37. The summed E-state index contributed by atoms with van der Waals surface area (Å²) >= 11 is 0. The Morgan fingerprint density at radius 2 is 1.94 bits per heavy atom. The molecule has 1 aliphatic heterocycles. The Balaban J connectivity index is 1.47. The highest BCUT2D eigenvalue weighted by molar-refractivity contribution is 6.00. The number of aromatic nitrogens is 3. The third kappa shape index (κ3) is 3.75. The van der Waals surface area contributed by atoms with Crippen LogP contribution in [-0.2, 0) is 0 Å². The van der Waals surface area contributed by atoms with Crippen LogP contribution < -0.4 is 0 Å². The van der Waals surface area contributed by atoms with Gasteiger partial charge in [-0.05, 0) is 51.0 Å². The van der Waals surface area contributed by atoms with Crippen LogP contribution >= 0.6 is 0 Å². The van der Waals surface area contributed by atoms with E-state index in [1.165, 1.54) is 12.1 Å². The number of hydrogen-bond acceptors (Lipinski definition) is 5. The third-order valence-corrected chi connectivity index (χ3v) is 6.07. The second kappa shape index (κ2) is 8.15. The number of amides is 1. The number of piperidine rings is 1. The van der Waals surface area contributed by atoms with E-state index in [9.17, 15) is 9.18 Å². The largest absolute Gasteiger partial charge is 0.440 e. The number of oxazole rings is 1. The zero-order valence-corrected chi connectivity index (χ0v) is 18.0. The molecule has 0 aliphatic carbocycles. The molecule has 1 aliphatic rings. The first-order chi connectivity index (χ1) is 15.5. The van der Waals surface area contributed by atoms with Crippen molar-refractivity contribution >= 4 is 17.0 Å². The minimum absolute atomic E-state index is 0.0492. The van der Waals surface area contributed by atoms with Gasteiger partial charge in [-0.1, -0.05) is 17.7 Å². The van der Waals surface area contributed by atoms with Crippen LogP contribution in [0.3, 0.4) is 0 Å². The van der Waals surface area contributed by atoms with Crippen LogP contribution in [0.5, 0.6) is 0 Å². The number of hydrogen-bond donors (Lipinski definition) is 0. The molecular formula is C25H23FN4O2. The van der Waals surface area contributed by atoms with Gasteiger partial charge in [-0.25, -0.2) is 19.3 Å². The van der Waals surface area contributed by atoms with Crippen molar-refractivity contribution in [2.45, 2.75) is 38.6 Å². The van der Waals surface area contributed by atoms with Gasteiger partial charge in [0.2, 0.25) is 0 Å². The lowest BCUT2D eigenvalue weighted by molar-refractivity contribution is 0.0598. The fourth-order valence-electron chi connectivity index (χ4n) is 4.31. The maximum Gasteiger partial charge on any atom is 0.254 e. The molecule has 1 saturated heterocycles. The molecule has 3 heterocycles. The average Bonchev–Trinajstić information content (AvgIpc) is 3.22. The Morgan fingerprint density at radius 3 is 2.75 bits per heavy atom. The van der Waals surface area contributed by atoms with E-state index in [0.29, 0.717) is 40.5 Å². The van der Waals surface area contributed by atoms with E-state index >= 15 is 0 Å². The number of aryl methyl sites for hydroxylation is 1.